The van der Waals surface area contributed by atoms with Crippen LogP contribution in [0.15, 0.2) is 58.1 Å². The van der Waals surface area contributed by atoms with E-state index in [1.807, 2.05) is 30.3 Å². The van der Waals surface area contributed by atoms with Crippen LogP contribution in [0.1, 0.15) is 17.4 Å². The van der Waals surface area contributed by atoms with Crippen molar-refractivity contribution in [2.24, 2.45) is 4.99 Å². The highest BCUT2D eigenvalue weighted by Crippen LogP contribution is 2.22. The minimum atomic E-state index is -1.62. The van der Waals surface area contributed by atoms with Crippen molar-refractivity contribution in [1.29, 1.82) is 0 Å². The van der Waals surface area contributed by atoms with Crippen LogP contribution < -0.4 is 0 Å². The van der Waals surface area contributed by atoms with Gasteiger partial charge in [0, 0.05) is 0 Å². The number of hydrogen-bond acceptors (Lipinski definition) is 3. The Bertz CT molecular complexity index is 529. The first-order valence-corrected chi connectivity index (χ1v) is 10.2. The molecule has 0 fully saturated rings. The van der Waals surface area contributed by atoms with Gasteiger partial charge in [-0.1, -0.05) is 30.3 Å². The summed E-state index contributed by atoms with van der Waals surface area (Å²) in [6, 6.07) is 14.0. The SMILES string of the molecule is C[Si](C)(C)OC(CN=Cc1ccco1)c1ccccc1. The van der Waals surface area contributed by atoms with Gasteiger partial charge in [0.1, 0.15) is 5.76 Å². The van der Waals surface area contributed by atoms with Crippen molar-refractivity contribution in [3.05, 3.63) is 60.1 Å². The van der Waals surface area contributed by atoms with Crippen LogP contribution in [0.5, 0.6) is 0 Å². The molecule has 0 aliphatic carbocycles. The summed E-state index contributed by atoms with van der Waals surface area (Å²) in [5.41, 5.74) is 1.17. The zero-order valence-corrected chi connectivity index (χ0v) is 13.2. The number of aliphatic imine (C=N–C) groups is 1. The van der Waals surface area contributed by atoms with E-state index in [2.05, 4.69) is 36.8 Å². The smallest absolute Gasteiger partial charge is 0.184 e. The van der Waals surface area contributed by atoms with E-state index >= 15 is 0 Å². The van der Waals surface area contributed by atoms with Gasteiger partial charge in [-0.05, 0) is 37.3 Å². The predicted octanol–water partition coefficient (Wildman–Crippen LogP) is 4.29. The lowest BCUT2D eigenvalue weighted by Crippen LogP contribution is -2.29. The van der Waals surface area contributed by atoms with Crippen LogP contribution in [-0.4, -0.2) is 21.1 Å². The summed E-state index contributed by atoms with van der Waals surface area (Å²) in [5, 5.41) is 0. The molecule has 0 N–H and O–H groups in total. The Morgan fingerprint density at radius 2 is 1.90 bits per heavy atom. The third-order valence-corrected chi connectivity index (χ3v) is 3.69. The fourth-order valence-electron chi connectivity index (χ4n) is 1.91. The summed E-state index contributed by atoms with van der Waals surface area (Å²) in [4.78, 5) is 4.45. The summed E-state index contributed by atoms with van der Waals surface area (Å²) in [6.07, 6.45) is 3.41. The third kappa shape index (κ3) is 4.79. The van der Waals surface area contributed by atoms with Gasteiger partial charge in [-0.15, -0.1) is 0 Å². The Morgan fingerprint density at radius 1 is 1.15 bits per heavy atom. The highest BCUT2D eigenvalue weighted by molar-refractivity contribution is 6.69. The molecule has 1 aromatic carbocycles. The molecule has 0 saturated carbocycles. The molecule has 0 spiro atoms. The molecule has 3 nitrogen and oxygen atoms in total. The van der Waals surface area contributed by atoms with Gasteiger partial charge in [-0.3, -0.25) is 4.99 Å². The first-order valence-electron chi connectivity index (χ1n) is 6.81. The topological polar surface area (TPSA) is 34.7 Å². The largest absolute Gasteiger partial charge is 0.463 e. The van der Waals surface area contributed by atoms with Gasteiger partial charge in [0.2, 0.25) is 0 Å². The normalized spacial score (nSPS) is 13.8. The molecule has 0 bridgehead atoms. The van der Waals surface area contributed by atoms with Crippen LogP contribution in [0.4, 0.5) is 0 Å². The number of furan rings is 1. The minimum absolute atomic E-state index is 0.00841. The van der Waals surface area contributed by atoms with E-state index in [1.165, 1.54) is 5.56 Å². The van der Waals surface area contributed by atoms with Crippen LogP contribution in [-0.2, 0) is 4.43 Å². The van der Waals surface area contributed by atoms with E-state index in [0.29, 0.717) is 6.54 Å². The van der Waals surface area contributed by atoms with Gasteiger partial charge in [-0.2, -0.15) is 0 Å². The molecule has 1 aromatic heterocycles. The second kappa shape index (κ2) is 6.68. The Kier molecular flexibility index (Phi) is 4.92. The number of benzene rings is 1. The number of hydrogen-bond donors (Lipinski definition) is 0. The van der Waals surface area contributed by atoms with Gasteiger partial charge in [0.25, 0.3) is 0 Å². The van der Waals surface area contributed by atoms with Gasteiger partial charge in [-0.25, -0.2) is 0 Å². The maximum absolute atomic E-state index is 6.24. The van der Waals surface area contributed by atoms with Gasteiger partial charge in [0.05, 0.1) is 25.1 Å². The molecule has 2 rings (SSSR count). The van der Waals surface area contributed by atoms with E-state index in [1.54, 1.807) is 12.5 Å². The van der Waals surface area contributed by atoms with E-state index in [4.69, 9.17) is 8.84 Å². The molecule has 1 atom stereocenters. The average molecular weight is 287 g/mol. The molecule has 106 valence electrons. The minimum Gasteiger partial charge on any atom is -0.463 e. The molecule has 2 aromatic rings. The zero-order chi connectivity index (χ0) is 14.4. The zero-order valence-electron chi connectivity index (χ0n) is 12.2. The Balaban J connectivity index is 2.07. The highest BCUT2D eigenvalue weighted by Gasteiger charge is 2.21. The maximum Gasteiger partial charge on any atom is 0.184 e. The molecule has 0 aliphatic heterocycles. The molecular formula is C16H21NO2Si. The summed E-state index contributed by atoms with van der Waals surface area (Å²) in [5.74, 6) is 0.768. The van der Waals surface area contributed by atoms with Crippen LogP contribution >= 0.6 is 0 Å². The first-order chi connectivity index (χ1) is 9.54. The monoisotopic (exact) mass is 287 g/mol. The number of nitrogens with zero attached hydrogens (tertiary/aromatic N) is 1. The van der Waals surface area contributed by atoms with Crippen molar-refractivity contribution in [3.8, 4) is 0 Å². The van der Waals surface area contributed by atoms with Crippen molar-refractivity contribution in [3.63, 3.8) is 0 Å². The molecule has 1 unspecified atom stereocenters. The molecule has 4 heteroatoms. The van der Waals surface area contributed by atoms with Crippen molar-refractivity contribution in [1.82, 2.24) is 0 Å². The van der Waals surface area contributed by atoms with Crippen LogP contribution in [0.3, 0.4) is 0 Å². The van der Waals surface area contributed by atoms with Gasteiger partial charge < -0.3 is 8.84 Å². The predicted molar refractivity (Wildman–Crippen MR) is 84.8 cm³/mol. The third-order valence-electron chi connectivity index (χ3n) is 2.70. The van der Waals surface area contributed by atoms with E-state index in [-0.39, 0.29) is 6.10 Å². The van der Waals surface area contributed by atoms with Gasteiger partial charge >= 0.3 is 0 Å². The molecule has 0 saturated heterocycles. The van der Waals surface area contributed by atoms with Crippen LogP contribution in [0.2, 0.25) is 19.6 Å². The van der Waals surface area contributed by atoms with Crippen molar-refractivity contribution in [2.75, 3.05) is 6.54 Å². The second-order valence-corrected chi connectivity index (χ2v) is 10.1. The molecule has 20 heavy (non-hydrogen) atoms. The molecule has 1 heterocycles. The fraction of sp³-hybridized carbons (Fsp3) is 0.312. The lowest BCUT2D eigenvalue weighted by molar-refractivity contribution is 0.207. The Hall–Kier alpha value is -1.65. The Labute approximate surface area is 121 Å². The molecule has 0 aliphatic rings. The summed E-state index contributed by atoms with van der Waals surface area (Å²) >= 11 is 0. The maximum atomic E-state index is 6.24. The fourth-order valence-corrected chi connectivity index (χ4v) is 2.97. The lowest BCUT2D eigenvalue weighted by Gasteiger charge is -2.25. The van der Waals surface area contributed by atoms with Crippen molar-refractivity contribution >= 4 is 14.5 Å². The summed E-state index contributed by atoms with van der Waals surface area (Å²) in [6.45, 7) is 7.19. The molecule has 0 radical (unpaired) electrons. The van der Waals surface area contributed by atoms with E-state index < -0.39 is 8.32 Å². The standard InChI is InChI=1S/C16H21NO2Si/c1-20(2,3)19-16(14-8-5-4-6-9-14)13-17-12-15-10-7-11-18-15/h4-12,16H,13H2,1-3H3. The Morgan fingerprint density at radius 3 is 2.50 bits per heavy atom. The van der Waals surface area contributed by atoms with Gasteiger partial charge in [0.15, 0.2) is 8.32 Å². The second-order valence-electron chi connectivity index (χ2n) is 5.64. The quantitative estimate of drug-likeness (QED) is 0.586. The molecular weight excluding hydrogens is 266 g/mol. The lowest BCUT2D eigenvalue weighted by atomic mass is 10.1. The number of rotatable bonds is 6. The summed E-state index contributed by atoms with van der Waals surface area (Å²) < 4.78 is 11.5. The molecule has 0 amide bonds. The van der Waals surface area contributed by atoms with Crippen LogP contribution in [0, 0.1) is 0 Å². The first kappa shape index (κ1) is 14.7. The van der Waals surface area contributed by atoms with E-state index in [9.17, 15) is 0 Å². The van der Waals surface area contributed by atoms with Crippen molar-refractivity contribution < 1.29 is 8.84 Å². The van der Waals surface area contributed by atoms with Crippen LogP contribution in [0.25, 0.3) is 0 Å². The van der Waals surface area contributed by atoms with Crippen molar-refractivity contribution in [2.45, 2.75) is 25.7 Å². The average Bonchev–Trinajstić information content (AvgIpc) is 2.90. The highest BCUT2D eigenvalue weighted by atomic mass is 28.4. The van der Waals surface area contributed by atoms with E-state index in [0.717, 1.165) is 5.76 Å². The summed E-state index contributed by atoms with van der Waals surface area (Å²) in [7, 11) is -1.62.